The number of benzene rings is 1. The lowest BCUT2D eigenvalue weighted by Gasteiger charge is -2.39. The molecule has 0 bridgehead atoms. The molecule has 3 unspecified atom stereocenters. The van der Waals surface area contributed by atoms with Crippen molar-refractivity contribution in [1.29, 1.82) is 0 Å². The van der Waals surface area contributed by atoms with Crippen molar-refractivity contribution in [3.8, 4) is 0 Å². The quantitative estimate of drug-likeness (QED) is 0.860. The van der Waals surface area contributed by atoms with Crippen molar-refractivity contribution in [2.45, 2.75) is 44.6 Å². The Morgan fingerprint density at radius 2 is 2.08 bits per heavy atom. The van der Waals surface area contributed by atoms with E-state index in [0.717, 1.165) is 39.1 Å². The van der Waals surface area contributed by atoms with Gasteiger partial charge in [0.15, 0.2) is 0 Å². The van der Waals surface area contributed by atoms with Crippen LogP contribution in [0.2, 0.25) is 0 Å². The Bertz CT molecular complexity index is 528. The number of likely N-dealkylation sites (tertiary alicyclic amines) is 1. The lowest BCUT2D eigenvalue weighted by atomic mass is 9.85. The van der Waals surface area contributed by atoms with Crippen molar-refractivity contribution in [3.05, 3.63) is 35.9 Å². The maximum Gasteiger partial charge on any atom is 0.220 e. The molecular formula is C21H32N2O2. The number of carbonyl (C=O) groups excluding carboxylic acids is 1. The van der Waals surface area contributed by atoms with Crippen LogP contribution in [0.4, 0.5) is 0 Å². The van der Waals surface area contributed by atoms with Crippen molar-refractivity contribution >= 4 is 5.91 Å². The first kappa shape index (κ1) is 18.4. The maximum atomic E-state index is 12.3. The molecule has 1 aromatic rings. The monoisotopic (exact) mass is 344 g/mol. The largest absolute Gasteiger partial charge is 0.381 e. The molecule has 2 saturated heterocycles. The number of carbonyl (C=O) groups is 1. The smallest absolute Gasteiger partial charge is 0.220 e. The molecule has 2 aliphatic rings. The lowest BCUT2D eigenvalue weighted by Crippen LogP contribution is -2.41. The van der Waals surface area contributed by atoms with E-state index in [9.17, 15) is 4.79 Å². The minimum Gasteiger partial charge on any atom is -0.381 e. The predicted octanol–water partition coefficient (Wildman–Crippen LogP) is 3.39. The van der Waals surface area contributed by atoms with Gasteiger partial charge in [0, 0.05) is 32.2 Å². The van der Waals surface area contributed by atoms with E-state index in [2.05, 4.69) is 47.6 Å². The van der Waals surface area contributed by atoms with Gasteiger partial charge in [-0.3, -0.25) is 9.69 Å². The predicted molar refractivity (Wildman–Crippen MR) is 100 cm³/mol. The van der Waals surface area contributed by atoms with E-state index in [1.807, 2.05) is 0 Å². The molecule has 3 rings (SSSR count). The van der Waals surface area contributed by atoms with E-state index in [-0.39, 0.29) is 5.91 Å². The van der Waals surface area contributed by atoms with Crippen molar-refractivity contribution < 1.29 is 9.53 Å². The van der Waals surface area contributed by atoms with Gasteiger partial charge in [0.1, 0.15) is 0 Å². The van der Waals surface area contributed by atoms with Gasteiger partial charge in [-0.1, -0.05) is 30.3 Å². The van der Waals surface area contributed by atoms with Crippen LogP contribution in [0.15, 0.2) is 30.3 Å². The van der Waals surface area contributed by atoms with Crippen LogP contribution < -0.4 is 5.32 Å². The summed E-state index contributed by atoms with van der Waals surface area (Å²) >= 11 is 0. The highest BCUT2D eigenvalue weighted by atomic mass is 16.5. The van der Waals surface area contributed by atoms with Crippen molar-refractivity contribution in [2.24, 2.45) is 11.8 Å². The molecule has 1 amide bonds. The third-order valence-corrected chi connectivity index (χ3v) is 5.74. The molecule has 2 heterocycles. The zero-order valence-corrected chi connectivity index (χ0v) is 15.5. The Morgan fingerprint density at radius 1 is 1.24 bits per heavy atom. The minimum atomic E-state index is 0.200. The van der Waals surface area contributed by atoms with Crippen LogP contribution in [0.3, 0.4) is 0 Å². The number of amides is 1. The van der Waals surface area contributed by atoms with Crippen LogP contribution in [0.1, 0.15) is 50.1 Å². The first-order valence-corrected chi connectivity index (χ1v) is 9.83. The highest BCUT2D eigenvalue weighted by Crippen LogP contribution is 2.34. The molecule has 0 aromatic heterocycles. The average Bonchev–Trinajstić information content (AvgIpc) is 2.66. The number of hydrogen-bond acceptors (Lipinski definition) is 3. The Balaban J connectivity index is 1.49. The topological polar surface area (TPSA) is 41.6 Å². The van der Waals surface area contributed by atoms with Gasteiger partial charge >= 0.3 is 0 Å². The number of hydrogen-bond donors (Lipinski definition) is 1. The zero-order chi connectivity index (χ0) is 17.5. The van der Waals surface area contributed by atoms with Crippen molar-refractivity contribution in [1.82, 2.24) is 10.2 Å². The molecule has 25 heavy (non-hydrogen) atoms. The molecule has 2 fully saturated rings. The molecule has 2 aliphatic heterocycles. The Labute approximate surface area is 151 Å². The highest BCUT2D eigenvalue weighted by molar-refractivity contribution is 5.75. The Morgan fingerprint density at radius 3 is 2.84 bits per heavy atom. The normalized spacial score (nSPS) is 27.8. The maximum absolute atomic E-state index is 12.3. The number of piperidine rings is 1. The molecule has 4 heteroatoms. The third kappa shape index (κ3) is 5.29. The summed E-state index contributed by atoms with van der Waals surface area (Å²) < 4.78 is 5.51. The van der Waals surface area contributed by atoms with Gasteiger partial charge in [-0.2, -0.15) is 0 Å². The summed E-state index contributed by atoms with van der Waals surface area (Å²) in [5, 5.41) is 3.21. The fraction of sp³-hybridized carbons (Fsp3) is 0.667. The standard InChI is InChI=1S/C21H32N2O2/c1-23-13-5-10-19(21(23)18-8-3-2-4-9-18)15-22-20(24)12-11-17-7-6-14-25-16-17/h2-4,8-9,17,19,21H,5-7,10-16H2,1H3,(H,22,24). The van der Waals surface area contributed by atoms with Gasteiger partial charge in [0.25, 0.3) is 0 Å². The summed E-state index contributed by atoms with van der Waals surface area (Å²) in [4.78, 5) is 14.7. The Kier molecular flexibility index (Phi) is 6.88. The van der Waals surface area contributed by atoms with Crippen molar-refractivity contribution in [3.63, 3.8) is 0 Å². The second kappa shape index (κ2) is 9.35. The summed E-state index contributed by atoms with van der Waals surface area (Å²) in [5.41, 5.74) is 1.36. The van der Waals surface area contributed by atoms with Gasteiger partial charge in [0.2, 0.25) is 5.91 Å². The lowest BCUT2D eigenvalue weighted by molar-refractivity contribution is -0.122. The second-order valence-corrected chi connectivity index (χ2v) is 7.66. The molecule has 138 valence electrons. The number of ether oxygens (including phenoxy) is 1. The molecule has 3 atom stereocenters. The zero-order valence-electron chi connectivity index (χ0n) is 15.5. The number of nitrogens with zero attached hydrogens (tertiary/aromatic N) is 1. The summed E-state index contributed by atoms with van der Waals surface area (Å²) in [5.74, 6) is 1.26. The summed E-state index contributed by atoms with van der Waals surface area (Å²) in [6, 6.07) is 11.1. The van der Waals surface area contributed by atoms with E-state index < -0.39 is 0 Å². The van der Waals surface area contributed by atoms with Gasteiger partial charge in [-0.05, 0) is 63.1 Å². The van der Waals surface area contributed by atoms with Crippen LogP contribution in [0, 0.1) is 11.8 Å². The molecule has 0 saturated carbocycles. The SMILES string of the molecule is CN1CCCC(CNC(=O)CCC2CCCOC2)C1c1ccccc1. The van der Waals surface area contributed by atoms with E-state index in [0.29, 0.717) is 24.3 Å². The fourth-order valence-electron chi connectivity index (χ4n) is 4.35. The average molecular weight is 344 g/mol. The highest BCUT2D eigenvalue weighted by Gasteiger charge is 2.30. The third-order valence-electron chi connectivity index (χ3n) is 5.74. The van der Waals surface area contributed by atoms with Crippen LogP contribution in [-0.2, 0) is 9.53 Å². The molecule has 0 spiro atoms. The molecule has 0 radical (unpaired) electrons. The first-order valence-electron chi connectivity index (χ1n) is 9.83. The molecule has 4 nitrogen and oxygen atoms in total. The number of nitrogens with one attached hydrogen (secondary N) is 1. The van der Waals surface area contributed by atoms with Crippen LogP contribution in [-0.4, -0.2) is 44.2 Å². The first-order chi connectivity index (χ1) is 12.2. The van der Waals surface area contributed by atoms with E-state index in [4.69, 9.17) is 4.74 Å². The van der Waals surface area contributed by atoms with E-state index in [1.165, 1.54) is 24.8 Å². The van der Waals surface area contributed by atoms with Gasteiger partial charge in [-0.25, -0.2) is 0 Å². The van der Waals surface area contributed by atoms with Gasteiger partial charge in [0.05, 0.1) is 0 Å². The Hall–Kier alpha value is -1.39. The molecular weight excluding hydrogens is 312 g/mol. The van der Waals surface area contributed by atoms with Gasteiger partial charge in [-0.15, -0.1) is 0 Å². The summed E-state index contributed by atoms with van der Waals surface area (Å²) in [6.45, 7) is 3.63. The summed E-state index contributed by atoms with van der Waals surface area (Å²) in [7, 11) is 2.20. The van der Waals surface area contributed by atoms with Gasteiger partial charge < -0.3 is 10.1 Å². The number of rotatable bonds is 6. The molecule has 1 N–H and O–H groups in total. The van der Waals surface area contributed by atoms with Crippen LogP contribution >= 0.6 is 0 Å². The molecule has 0 aliphatic carbocycles. The van der Waals surface area contributed by atoms with E-state index in [1.54, 1.807) is 0 Å². The summed E-state index contributed by atoms with van der Waals surface area (Å²) in [6.07, 6.45) is 6.32. The van der Waals surface area contributed by atoms with Crippen LogP contribution in [0.25, 0.3) is 0 Å². The minimum absolute atomic E-state index is 0.200. The van der Waals surface area contributed by atoms with E-state index >= 15 is 0 Å². The van der Waals surface area contributed by atoms with Crippen LogP contribution in [0.5, 0.6) is 0 Å². The van der Waals surface area contributed by atoms with Crippen molar-refractivity contribution in [2.75, 3.05) is 33.4 Å². The second-order valence-electron chi connectivity index (χ2n) is 7.66. The molecule has 1 aromatic carbocycles. The fourth-order valence-corrected chi connectivity index (χ4v) is 4.35.